The van der Waals surface area contributed by atoms with Crippen LogP contribution >= 0.6 is 11.8 Å². The lowest BCUT2D eigenvalue weighted by Crippen LogP contribution is -2.74. The second-order valence-corrected chi connectivity index (χ2v) is 9.30. The molecule has 7 heteroatoms. The van der Waals surface area contributed by atoms with Crippen LogP contribution in [0.5, 0.6) is 0 Å². The lowest BCUT2D eigenvalue weighted by molar-refractivity contribution is -0.206. The van der Waals surface area contributed by atoms with Crippen molar-refractivity contribution < 1.29 is 14.3 Å². The molecule has 3 aliphatic heterocycles. The van der Waals surface area contributed by atoms with E-state index < -0.39 is 0 Å². The van der Waals surface area contributed by atoms with Crippen LogP contribution in [-0.2, 0) is 14.3 Å². The van der Waals surface area contributed by atoms with E-state index in [2.05, 4.69) is 10.2 Å². The number of ether oxygens (including phenoxy) is 1. The summed E-state index contributed by atoms with van der Waals surface area (Å²) in [6.07, 6.45) is 4.57. The predicted octanol–water partition coefficient (Wildman–Crippen LogP) is 0.567. The van der Waals surface area contributed by atoms with Crippen molar-refractivity contribution in [1.82, 2.24) is 15.1 Å². The lowest BCUT2D eigenvalue weighted by Gasteiger charge is -2.56. The zero-order chi connectivity index (χ0) is 17.4. The van der Waals surface area contributed by atoms with Gasteiger partial charge in [0.25, 0.3) is 0 Å². The first-order chi connectivity index (χ1) is 12.1. The van der Waals surface area contributed by atoms with Crippen LogP contribution in [0.3, 0.4) is 0 Å². The fourth-order valence-electron chi connectivity index (χ4n) is 4.32. The van der Waals surface area contributed by atoms with Crippen molar-refractivity contribution in [3.8, 4) is 0 Å². The van der Waals surface area contributed by atoms with Crippen LogP contribution in [0.1, 0.15) is 25.7 Å². The summed E-state index contributed by atoms with van der Waals surface area (Å²) in [6.45, 7) is 3.57. The molecule has 0 radical (unpaired) electrons. The van der Waals surface area contributed by atoms with E-state index in [9.17, 15) is 9.59 Å². The van der Waals surface area contributed by atoms with E-state index in [4.69, 9.17) is 4.74 Å². The zero-order valence-corrected chi connectivity index (χ0v) is 15.9. The number of rotatable bonds is 4. The first-order valence-corrected chi connectivity index (χ1v) is 10.7. The summed E-state index contributed by atoms with van der Waals surface area (Å²) in [5, 5.41) is 2.76. The van der Waals surface area contributed by atoms with E-state index in [0.29, 0.717) is 25.6 Å². The molecule has 1 aliphatic carbocycles. The molecule has 0 aromatic rings. The molecule has 1 spiro atoms. The van der Waals surface area contributed by atoms with Crippen molar-refractivity contribution in [3.63, 3.8) is 0 Å². The fraction of sp³-hybridized carbons (Fsp3) is 0.889. The number of hydrogen-bond acceptors (Lipinski definition) is 5. The third-order valence-corrected chi connectivity index (χ3v) is 7.11. The molecule has 4 fully saturated rings. The molecule has 0 bridgehead atoms. The van der Waals surface area contributed by atoms with E-state index in [0.717, 1.165) is 43.4 Å². The third-order valence-electron chi connectivity index (χ3n) is 6.06. The Morgan fingerprint density at radius 3 is 2.52 bits per heavy atom. The van der Waals surface area contributed by atoms with Crippen molar-refractivity contribution in [2.45, 2.75) is 37.3 Å². The summed E-state index contributed by atoms with van der Waals surface area (Å²) in [7, 11) is 1.69. The van der Waals surface area contributed by atoms with Crippen LogP contribution < -0.4 is 5.32 Å². The number of hydrogen-bond donors (Lipinski definition) is 1. The maximum atomic E-state index is 12.7. The molecule has 3 heterocycles. The van der Waals surface area contributed by atoms with Gasteiger partial charge in [0.1, 0.15) is 11.6 Å². The molecule has 1 saturated carbocycles. The van der Waals surface area contributed by atoms with Gasteiger partial charge in [0.05, 0.1) is 19.7 Å². The number of likely N-dealkylation sites (tertiary alicyclic amines) is 1. The Hall–Kier alpha value is -0.790. The first kappa shape index (κ1) is 17.6. The van der Waals surface area contributed by atoms with E-state index >= 15 is 0 Å². The molecule has 0 aromatic carbocycles. The van der Waals surface area contributed by atoms with Gasteiger partial charge in [-0.15, -0.1) is 0 Å². The summed E-state index contributed by atoms with van der Waals surface area (Å²) in [6, 6.07) is -0.184. The Kier molecular flexibility index (Phi) is 4.99. The van der Waals surface area contributed by atoms with Crippen LogP contribution in [0.15, 0.2) is 0 Å². The van der Waals surface area contributed by atoms with Crippen LogP contribution in [0.4, 0.5) is 0 Å². The second-order valence-electron chi connectivity index (χ2n) is 8.08. The van der Waals surface area contributed by atoms with E-state index in [-0.39, 0.29) is 23.5 Å². The van der Waals surface area contributed by atoms with Crippen LogP contribution in [0.25, 0.3) is 0 Å². The second kappa shape index (κ2) is 7.08. The summed E-state index contributed by atoms with van der Waals surface area (Å²) < 4.78 is 6.14. The Balaban J connectivity index is 1.35. The van der Waals surface area contributed by atoms with Gasteiger partial charge < -0.3 is 15.0 Å². The topological polar surface area (TPSA) is 61.9 Å². The van der Waals surface area contributed by atoms with Crippen molar-refractivity contribution in [3.05, 3.63) is 0 Å². The molecule has 3 saturated heterocycles. The standard InChI is InChI=1S/C18H29N3O3S/c1-19-16(22)15-9-24-18(10-20(15)8-13-2-3-13)11-21(12-18)17(23)14-4-6-25-7-5-14/h13-15H,2-12H2,1H3,(H,19,22)/t15-/m1/s1. The number of morpholine rings is 1. The minimum atomic E-state index is -0.251. The van der Waals surface area contributed by atoms with E-state index in [1.54, 1.807) is 7.05 Å². The highest BCUT2D eigenvalue weighted by Crippen LogP contribution is 2.37. The van der Waals surface area contributed by atoms with E-state index in [1.807, 2.05) is 16.7 Å². The molecule has 4 aliphatic rings. The van der Waals surface area contributed by atoms with Gasteiger partial charge in [-0.25, -0.2) is 0 Å². The molecule has 2 amide bonds. The van der Waals surface area contributed by atoms with Crippen molar-refractivity contribution in [2.75, 3.05) is 51.3 Å². The van der Waals surface area contributed by atoms with Gasteiger partial charge in [-0.2, -0.15) is 11.8 Å². The lowest BCUT2D eigenvalue weighted by atomic mass is 9.88. The third kappa shape index (κ3) is 3.69. The number of carbonyl (C=O) groups is 2. The SMILES string of the molecule is CNC(=O)[C@H]1COC2(CN(C(=O)C3CCSCC3)C2)CN1CC1CC1. The number of carbonyl (C=O) groups excluding carboxylic acids is 2. The fourth-order valence-corrected chi connectivity index (χ4v) is 5.42. The van der Waals surface area contributed by atoms with Crippen LogP contribution in [0.2, 0.25) is 0 Å². The Morgan fingerprint density at radius 1 is 1.16 bits per heavy atom. The largest absolute Gasteiger partial charge is 0.368 e. The number of likely N-dealkylation sites (N-methyl/N-ethyl adjacent to an activating group) is 1. The number of thioether (sulfide) groups is 1. The van der Waals surface area contributed by atoms with E-state index in [1.165, 1.54) is 12.8 Å². The normalized spacial score (nSPS) is 30.1. The van der Waals surface area contributed by atoms with Crippen molar-refractivity contribution in [1.29, 1.82) is 0 Å². The average molecular weight is 368 g/mol. The summed E-state index contributed by atoms with van der Waals surface area (Å²) >= 11 is 1.95. The Labute approximate surface area is 154 Å². The minimum Gasteiger partial charge on any atom is -0.368 e. The monoisotopic (exact) mass is 367 g/mol. The summed E-state index contributed by atoms with van der Waals surface area (Å²) in [5.41, 5.74) is -0.251. The molecule has 140 valence electrons. The molecular formula is C18H29N3O3S. The average Bonchev–Trinajstić information content (AvgIpc) is 3.43. The van der Waals surface area contributed by atoms with Gasteiger partial charge >= 0.3 is 0 Å². The van der Waals surface area contributed by atoms with Gasteiger partial charge in [0, 0.05) is 26.1 Å². The maximum absolute atomic E-state index is 12.7. The predicted molar refractivity (Wildman–Crippen MR) is 97.5 cm³/mol. The molecule has 1 N–H and O–H groups in total. The smallest absolute Gasteiger partial charge is 0.239 e. The Bertz CT molecular complexity index is 528. The molecule has 25 heavy (non-hydrogen) atoms. The zero-order valence-electron chi connectivity index (χ0n) is 15.0. The summed E-state index contributed by atoms with van der Waals surface area (Å²) in [4.78, 5) is 29.1. The first-order valence-electron chi connectivity index (χ1n) is 9.56. The van der Waals surface area contributed by atoms with Gasteiger partial charge in [-0.1, -0.05) is 0 Å². The Morgan fingerprint density at radius 2 is 1.88 bits per heavy atom. The molecule has 0 unspecified atom stereocenters. The number of amides is 2. The quantitative estimate of drug-likeness (QED) is 0.787. The minimum absolute atomic E-state index is 0.0439. The van der Waals surface area contributed by atoms with Gasteiger partial charge in [0.2, 0.25) is 11.8 Å². The number of nitrogens with zero attached hydrogens (tertiary/aromatic N) is 2. The maximum Gasteiger partial charge on any atom is 0.239 e. The molecular weight excluding hydrogens is 338 g/mol. The van der Waals surface area contributed by atoms with Crippen molar-refractivity contribution in [2.24, 2.45) is 11.8 Å². The molecule has 6 nitrogen and oxygen atoms in total. The highest BCUT2D eigenvalue weighted by Gasteiger charge is 2.53. The van der Waals surface area contributed by atoms with Gasteiger partial charge in [-0.3, -0.25) is 14.5 Å². The summed E-state index contributed by atoms with van der Waals surface area (Å²) in [5.74, 6) is 3.52. The van der Waals surface area contributed by atoms with Crippen molar-refractivity contribution >= 4 is 23.6 Å². The highest BCUT2D eigenvalue weighted by atomic mass is 32.2. The molecule has 1 atom stereocenters. The highest BCUT2D eigenvalue weighted by molar-refractivity contribution is 7.99. The molecule has 0 aromatic heterocycles. The van der Waals surface area contributed by atoms with Gasteiger partial charge in [0.15, 0.2) is 0 Å². The number of nitrogens with one attached hydrogen (secondary N) is 1. The molecule has 4 rings (SSSR count). The van der Waals surface area contributed by atoms with Crippen LogP contribution in [0, 0.1) is 11.8 Å². The van der Waals surface area contributed by atoms with Crippen LogP contribution in [-0.4, -0.2) is 84.6 Å². The van der Waals surface area contributed by atoms with Gasteiger partial charge in [-0.05, 0) is 43.1 Å².